The molecule has 9 nitrogen and oxygen atoms in total. The standard InChI is InChI=1S/C23H33N3O6/c1-15(2)17-11-23(17,26-21(30)32-22(3,4)5)20(29)25-12-18(27)24-13-19(28)31-14-16-9-7-6-8-10-16/h6-10,15,17H,11-14H2,1-5H3,(H,24,27)(H,25,29)(H,26,30). The van der Waals surface area contributed by atoms with Gasteiger partial charge in [-0.2, -0.15) is 0 Å². The first-order chi connectivity index (χ1) is 14.9. The number of carbonyl (C=O) groups is 4. The number of amides is 3. The monoisotopic (exact) mass is 447 g/mol. The highest BCUT2D eigenvalue weighted by Crippen LogP contribution is 2.48. The Labute approximate surface area is 188 Å². The van der Waals surface area contributed by atoms with E-state index in [-0.39, 0.29) is 31.5 Å². The molecule has 0 bridgehead atoms. The molecular formula is C23H33N3O6. The molecule has 3 N–H and O–H groups in total. The van der Waals surface area contributed by atoms with Crippen LogP contribution in [0.4, 0.5) is 4.79 Å². The van der Waals surface area contributed by atoms with Gasteiger partial charge in [-0.15, -0.1) is 0 Å². The molecule has 0 spiro atoms. The molecule has 2 atom stereocenters. The molecule has 1 aromatic rings. The normalized spacial score (nSPS) is 19.6. The van der Waals surface area contributed by atoms with E-state index < -0.39 is 35.0 Å². The number of benzene rings is 1. The lowest BCUT2D eigenvalue weighted by atomic mass is 10.0. The molecule has 1 saturated carbocycles. The Bertz CT molecular complexity index is 834. The van der Waals surface area contributed by atoms with E-state index in [1.54, 1.807) is 20.8 Å². The summed E-state index contributed by atoms with van der Waals surface area (Å²) in [6.45, 7) is 8.62. The summed E-state index contributed by atoms with van der Waals surface area (Å²) in [5, 5.41) is 7.64. The SMILES string of the molecule is CC(C)C1CC1(NC(=O)OC(C)(C)C)C(=O)NCC(=O)NCC(=O)OCc1ccccc1. The van der Waals surface area contributed by atoms with Crippen molar-refractivity contribution >= 4 is 23.9 Å². The van der Waals surface area contributed by atoms with Gasteiger partial charge in [-0.25, -0.2) is 4.79 Å². The van der Waals surface area contributed by atoms with Crippen molar-refractivity contribution in [3.63, 3.8) is 0 Å². The van der Waals surface area contributed by atoms with E-state index in [2.05, 4.69) is 16.0 Å². The predicted molar refractivity (Wildman–Crippen MR) is 117 cm³/mol. The molecular weight excluding hydrogens is 414 g/mol. The summed E-state index contributed by atoms with van der Waals surface area (Å²) in [7, 11) is 0. The average Bonchev–Trinajstić information content (AvgIpc) is 3.43. The van der Waals surface area contributed by atoms with Gasteiger partial charge in [-0.1, -0.05) is 44.2 Å². The smallest absolute Gasteiger partial charge is 0.408 e. The van der Waals surface area contributed by atoms with Crippen molar-refractivity contribution in [1.29, 1.82) is 0 Å². The number of alkyl carbamates (subject to hydrolysis) is 1. The quantitative estimate of drug-likeness (QED) is 0.497. The highest BCUT2D eigenvalue weighted by Gasteiger charge is 2.62. The van der Waals surface area contributed by atoms with E-state index in [0.29, 0.717) is 6.42 Å². The average molecular weight is 448 g/mol. The third-order valence-corrected chi connectivity index (χ3v) is 5.03. The number of carbonyl (C=O) groups excluding carboxylic acids is 4. The van der Waals surface area contributed by atoms with E-state index in [4.69, 9.17) is 9.47 Å². The summed E-state index contributed by atoms with van der Waals surface area (Å²) in [6.07, 6.45) is -0.218. The van der Waals surface area contributed by atoms with E-state index in [0.717, 1.165) is 5.56 Å². The van der Waals surface area contributed by atoms with Crippen LogP contribution in [0.2, 0.25) is 0 Å². The third-order valence-electron chi connectivity index (χ3n) is 5.03. The van der Waals surface area contributed by atoms with Gasteiger partial charge in [0.05, 0.1) is 6.54 Å². The fourth-order valence-electron chi connectivity index (χ4n) is 3.38. The molecule has 1 fully saturated rings. The lowest BCUT2D eigenvalue weighted by Crippen LogP contribution is -2.53. The first kappa shape index (κ1) is 25.2. The van der Waals surface area contributed by atoms with E-state index in [1.165, 1.54) is 0 Å². The molecule has 0 radical (unpaired) electrons. The van der Waals surface area contributed by atoms with Crippen LogP contribution in [0.15, 0.2) is 30.3 Å². The fourth-order valence-corrected chi connectivity index (χ4v) is 3.38. The van der Waals surface area contributed by atoms with E-state index >= 15 is 0 Å². The Morgan fingerprint density at radius 2 is 1.72 bits per heavy atom. The van der Waals surface area contributed by atoms with Crippen molar-refractivity contribution in [1.82, 2.24) is 16.0 Å². The van der Waals surface area contributed by atoms with Gasteiger partial charge in [0.2, 0.25) is 11.8 Å². The molecule has 3 amide bonds. The Morgan fingerprint density at radius 1 is 1.06 bits per heavy atom. The van der Waals surface area contributed by atoms with Gasteiger partial charge < -0.3 is 25.4 Å². The fraction of sp³-hybridized carbons (Fsp3) is 0.565. The molecule has 0 aromatic heterocycles. The molecule has 176 valence electrons. The van der Waals surface area contributed by atoms with Crippen molar-refractivity contribution in [2.75, 3.05) is 13.1 Å². The van der Waals surface area contributed by atoms with Crippen molar-refractivity contribution in [2.45, 2.75) is 58.8 Å². The molecule has 9 heteroatoms. The van der Waals surface area contributed by atoms with Crippen LogP contribution in [0.1, 0.15) is 46.6 Å². The van der Waals surface area contributed by atoms with Crippen LogP contribution < -0.4 is 16.0 Å². The van der Waals surface area contributed by atoms with Crippen LogP contribution >= 0.6 is 0 Å². The van der Waals surface area contributed by atoms with Crippen LogP contribution in [0.5, 0.6) is 0 Å². The molecule has 2 rings (SSSR count). The Balaban J connectivity index is 1.79. The highest BCUT2D eigenvalue weighted by atomic mass is 16.6. The molecule has 0 heterocycles. The number of rotatable bonds is 9. The van der Waals surface area contributed by atoms with Crippen LogP contribution in [0.25, 0.3) is 0 Å². The molecule has 1 aliphatic rings. The molecule has 0 saturated heterocycles. The van der Waals surface area contributed by atoms with Gasteiger partial charge in [0.25, 0.3) is 0 Å². The maximum Gasteiger partial charge on any atom is 0.408 e. The zero-order valence-corrected chi connectivity index (χ0v) is 19.3. The Hall–Kier alpha value is -3.10. The molecule has 1 aliphatic carbocycles. The van der Waals surface area contributed by atoms with Crippen molar-refractivity contribution in [3.05, 3.63) is 35.9 Å². The molecule has 32 heavy (non-hydrogen) atoms. The second kappa shape index (κ2) is 10.5. The van der Waals surface area contributed by atoms with Gasteiger partial charge in [-0.3, -0.25) is 14.4 Å². The van der Waals surface area contributed by atoms with Gasteiger partial charge in [0, 0.05) is 0 Å². The Morgan fingerprint density at radius 3 is 2.28 bits per heavy atom. The largest absolute Gasteiger partial charge is 0.460 e. The summed E-state index contributed by atoms with van der Waals surface area (Å²) in [5.41, 5.74) is -0.962. The van der Waals surface area contributed by atoms with Crippen molar-refractivity contribution < 1.29 is 28.7 Å². The zero-order chi connectivity index (χ0) is 23.9. The first-order valence-corrected chi connectivity index (χ1v) is 10.7. The number of hydrogen-bond acceptors (Lipinski definition) is 6. The lowest BCUT2D eigenvalue weighted by molar-refractivity contribution is -0.145. The maximum atomic E-state index is 12.8. The van der Waals surface area contributed by atoms with Gasteiger partial charge in [0.15, 0.2) is 0 Å². The summed E-state index contributed by atoms with van der Waals surface area (Å²) < 4.78 is 10.4. The Kier molecular flexibility index (Phi) is 8.24. The zero-order valence-electron chi connectivity index (χ0n) is 19.3. The second-order valence-corrected chi connectivity index (χ2v) is 9.26. The molecule has 1 aromatic carbocycles. The predicted octanol–water partition coefficient (Wildman–Crippen LogP) is 1.90. The summed E-state index contributed by atoms with van der Waals surface area (Å²) in [6, 6.07) is 9.18. The van der Waals surface area contributed by atoms with Crippen LogP contribution in [-0.4, -0.2) is 48.1 Å². The topological polar surface area (TPSA) is 123 Å². The minimum absolute atomic E-state index is 0.0638. The first-order valence-electron chi connectivity index (χ1n) is 10.7. The minimum atomic E-state index is -1.11. The molecule has 2 unspecified atom stereocenters. The third kappa shape index (κ3) is 7.55. The number of nitrogens with one attached hydrogen (secondary N) is 3. The van der Waals surface area contributed by atoms with E-state index in [9.17, 15) is 19.2 Å². The summed E-state index contributed by atoms with van der Waals surface area (Å²) >= 11 is 0. The van der Waals surface area contributed by atoms with Gasteiger partial charge in [-0.05, 0) is 44.6 Å². The van der Waals surface area contributed by atoms with Gasteiger partial charge >= 0.3 is 12.1 Å². The number of hydrogen-bond donors (Lipinski definition) is 3. The van der Waals surface area contributed by atoms with E-state index in [1.807, 2.05) is 44.2 Å². The summed E-state index contributed by atoms with van der Waals surface area (Å²) in [4.78, 5) is 48.9. The van der Waals surface area contributed by atoms with Gasteiger partial charge in [0.1, 0.15) is 24.3 Å². The number of ether oxygens (including phenoxy) is 2. The highest BCUT2D eigenvalue weighted by molar-refractivity contribution is 5.96. The van der Waals surface area contributed by atoms with Crippen LogP contribution in [-0.2, 0) is 30.5 Å². The van der Waals surface area contributed by atoms with Crippen molar-refractivity contribution in [3.8, 4) is 0 Å². The lowest BCUT2D eigenvalue weighted by Gasteiger charge is -2.24. The maximum absolute atomic E-state index is 12.8. The number of esters is 1. The molecule has 0 aliphatic heterocycles. The van der Waals surface area contributed by atoms with Crippen LogP contribution in [0.3, 0.4) is 0 Å². The van der Waals surface area contributed by atoms with Crippen molar-refractivity contribution in [2.24, 2.45) is 11.8 Å². The summed E-state index contributed by atoms with van der Waals surface area (Å²) in [5.74, 6) is -1.48. The van der Waals surface area contributed by atoms with Crippen LogP contribution in [0, 0.1) is 11.8 Å². The minimum Gasteiger partial charge on any atom is -0.460 e. The second-order valence-electron chi connectivity index (χ2n) is 9.26.